The normalized spacial score (nSPS) is 15.9. The minimum Gasteiger partial charge on any atom is -0.378 e. The fourth-order valence-electron chi connectivity index (χ4n) is 5.40. The Hall–Kier alpha value is -4.31. The second-order valence-corrected chi connectivity index (χ2v) is 10.7. The number of carbonyl (C=O) groups is 3. The van der Waals surface area contributed by atoms with Gasteiger partial charge < -0.3 is 20.7 Å². The van der Waals surface area contributed by atoms with Gasteiger partial charge in [0.05, 0.1) is 19.8 Å². The number of primary amides is 1. The molecule has 1 aliphatic heterocycles. The number of amides is 4. The summed E-state index contributed by atoms with van der Waals surface area (Å²) in [5.74, 6) is -0.739. The summed E-state index contributed by atoms with van der Waals surface area (Å²) in [6, 6.07) is 19.0. The highest BCUT2D eigenvalue weighted by Gasteiger charge is 2.25. The molecule has 5 rings (SSSR count). The summed E-state index contributed by atoms with van der Waals surface area (Å²) in [6.45, 7) is 2.74. The number of morpholine rings is 1. The van der Waals surface area contributed by atoms with Crippen molar-refractivity contribution in [1.29, 1.82) is 0 Å². The predicted molar refractivity (Wildman–Crippen MR) is 160 cm³/mol. The molecule has 1 heterocycles. The third-order valence-corrected chi connectivity index (χ3v) is 7.77. The molecular formula is C33H38F2N4O4. The van der Waals surface area contributed by atoms with E-state index in [1.807, 2.05) is 4.90 Å². The van der Waals surface area contributed by atoms with E-state index in [2.05, 4.69) is 29.6 Å². The van der Waals surface area contributed by atoms with Gasteiger partial charge in [-0.25, -0.2) is 13.6 Å². The van der Waals surface area contributed by atoms with Crippen LogP contribution in [0.5, 0.6) is 0 Å². The Labute approximate surface area is 250 Å². The van der Waals surface area contributed by atoms with Gasteiger partial charge in [-0.3, -0.25) is 14.5 Å². The second-order valence-electron chi connectivity index (χ2n) is 10.7. The smallest absolute Gasteiger partial charge is 0.324 e. The lowest BCUT2D eigenvalue weighted by atomic mass is 9.84. The molecule has 2 aliphatic rings. The van der Waals surface area contributed by atoms with Gasteiger partial charge in [0.1, 0.15) is 17.7 Å². The van der Waals surface area contributed by atoms with Crippen LogP contribution in [-0.2, 0) is 20.9 Å². The standard InChI is InChI=1S/C24H29FN2O2.C9H9FN2O2/c25-22-10-12-23(13-11-22)27(24(28)26-14-16-29-17-15-26)18-19-6-8-21(9-7-19)20-4-2-1-3-5-20;10-7-3-1-6(2-4-7)8(9(11)14)12-5-13/h6-13,20H,1-5,14-18H2;1-5,8H,(H2,11,14)(H,12,13). The summed E-state index contributed by atoms with van der Waals surface area (Å²) in [5, 5.41) is 2.24. The second kappa shape index (κ2) is 15.8. The quantitative estimate of drug-likeness (QED) is 0.341. The van der Waals surface area contributed by atoms with Crippen LogP contribution in [-0.4, -0.2) is 49.6 Å². The van der Waals surface area contributed by atoms with Crippen molar-refractivity contribution >= 4 is 24.0 Å². The molecule has 3 N–H and O–H groups in total. The van der Waals surface area contributed by atoms with E-state index in [9.17, 15) is 23.2 Å². The molecule has 1 saturated carbocycles. The van der Waals surface area contributed by atoms with Gasteiger partial charge in [-0.15, -0.1) is 0 Å². The summed E-state index contributed by atoms with van der Waals surface area (Å²) in [6.07, 6.45) is 6.91. The summed E-state index contributed by atoms with van der Waals surface area (Å²) < 4.78 is 31.3. The molecule has 1 saturated heterocycles. The van der Waals surface area contributed by atoms with Crippen LogP contribution in [0.2, 0.25) is 0 Å². The van der Waals surface area contributed by atoms with Crippen LogP contribution < -0.4 is 16.0 Å². The number of nitrogens with two attached hydrogens (primary N) is 1. The third-order valence-electron chi connectivity index (χ3n) is 7.77. The van der Waals surface area contributed by atoms with Gasteiger partial charge in [0.15, 0.2) is 0 Å². The first-order chi connectivity index (χ1) is 20.9. The van der Waals surface area contributed by atoms with Gasteiger partial charge in [-0.2, -0.15) is 0 Å². The van der Waals surface area contributed by atoms with E-state index in [4.69, 9.17) is 10.5 Å². The number of hydrogen-bond donors (Lipinski definition) is 2. The van der Waals surface area contributed by atoms with Crippen LogP contribution in [0.4, 0.5) is 19.3 Å². The van der Waals surface area contributed by atoms with Gasteiger partial charge >= 0.3 is 6.03 Å². The summed E-state index contributed by atoms with van der Waals surface area (Å²) in [7, 11) is 0. The highest BCUT2D eigenvalue weighted by molar-refractivity contribution is 5.92. The van der Waals surface area contributed by atoms with Crippen molar-refractivity contribution in [1.82, 2.24) is 10.2 Å². The summed E-state index contributed by atoms with van der Waals surface area (Å²) in [4.78, 5) is 37.8. The van der Waals surface area contributed by atoms with Crippen molar-refractivity contribution in [2.24, 2.45) is 5.73 Å². The molecule has 3 aromatic carbocycles. The van der Waals surface area contributed by atoms with Gasteiger partial charge in [0, 0.05) is 18.8 Å². The number of anilines is 1. The first-order valence-electron chi connectivity index (χ1n) is 14.6. The maximum Gasteiger partial charge on any atom is 0.324 e. The number of nitrogens with zero attached hydrogens (tertiary/aromatic N) is 2. The lowest BCUT2D eigenvalue weighted by Gasteiger charge is -2.33. The lowest BCUT2D eigenvalue weighted by Crippen LogP contribution is -2.48. The van der Waals surface area contributed by atoms with Crippen molar-refractivity contribution < 1.29 is 27.9 Å². The average molecular weight is 593 g/mol. The molecule has 2 fully saturated rings. The topological polar surface area (TPSA) is 105 Å². The molecular weight excluding hydrogens is 554 g/mol. The SMILES string of the molecule is NC(=O)C(NC=O)c1ccc(F)cc1.O=C(N1CCOCC1)N(Cc1ccc(C2CCCCC2)cc1)c1ccc(F)cc1. The van der Waals surface area contributed by atoms with E-state index < -0.39 is 17.8 Å². The van der Waals surface area contributed by atoms with Crippen molar-refractivity contribution in [2.45, 2.75) is 50.6 Å². The van der Waals surface area contributed by atoms with E-state index in [-0.39, 0.29) is 11.8 Å². The zero-order chi connectivity index (χ0) is 30.6. The number of halogens is 2. The predicted octanol–water partition coefficient (Wildman–Crippen LogP) is 5.43. The first kappa shape index (κ1) is 31.6. The van der Waals surface area contributed by atoms with Crippen LogP contribution >= 0.6 is 0 Å². The van der Waals surface area contributed by atoms with Crippen molar-refractivity contribution in [3.63, 3.8) is 0 Å². The van der Waals surface area contributed by atoms with Crippen LogP contribution in [0, 0.1) is 11.6 Å². The minimum atomic E-state index is -0.909. The largest absolute Gasteiger partial charge is 0.378 e. The molecule has 0 radical (unpaired) electrons. The molecule has 0 bridgehead atoms. The van der Waals surface area contributed by atoms with Gasteiger partial charge in [0.2, 0.25) is 12.3 Å². The molecule has 228 valence electrons. The molecule has 1 atom stereocenters. The Kier molecular flexibility index (Phi) is 11.6. The Balaban J connectivity index is 0.000000255. The van der Waals surface area contributed by atoms with E-state index in [1.54, 1.807) is 17.0 Å². The van der Waals surface area contributed by atoms with Crippen LogP contribution in [0.15, 0.2) is 72.8 Å². The zero-order valence-corrected chi connectivity index (χ0v) is 24.1. The number of nitrogens with one attached hydrogen (secondary N) is 1. The van der Waals surface area contributed by atoms with E-state index >= 15 is 0 Å². The first-order valence-corrected chi connectivity index (χ1v) is 14.6. The molecule has 0 spiro atoms. The third kappa shape index (κ3) is 9.09. The van der Waals surface area contributed by atoms with Crippen LogP contribution in [0.25, 0.3) is 0 Å². The monoisotopic (exact) mass is 592 g/mol. The van der Waals surface area contributed by atoms with Crippen LogP contribution in [0.3, 0.4) is 0 Å². The molecule has 4 amide bonds. The molecule has 3 aromatic rings. The maximum absolute atomic E-state index is 13.4. The number of carbonyl (C=O) groups excluding carboxylic acids is 3. The van der Waals surface area contributed by atoms with E-state index in [0.717, 1.165) is 5.56 Å². The van der Waals surface area contributed by atoms with Gasteiger partial charge in [-0.1, -0.05) is 55.7 Å². The van der Waals surface area contributed by atoms with Crippen molar-refractivity contribution in [2.75, 3.05) is 31.2 Å². The number of rotatable bonds is 8. The summed E-state index contributed by atoms with van der Waals surface area (Å²) >= 11 is 0. The Bertz CT molecular complexity index is 1320. The lowest BCUT2D eigenvalue weighted by molar-refractivity contribution is -0.122. The highest BCUT2D eigenvalue weighted by Crippen LogP contribution is 2.33. The van der Waals surface area contributed by atoms with Gasteiger partial charge in [-0.05, 0) is 71.8 Å². The Morgan fingerprint density at radius 3 is 2.05 bits per heavy atom. The van der Waals surface area contributed by atoms with E-state index in [0.29, 0.717) is 56.4 Å². The number of benzene rings is 3. The molecule has 1 unspecified atom stereocenters. The molecule has 10 heteroatoms. The molecule has 1 aliphatic carbocycles. The van der Waals surface area contributed by atoms with Crippen molar-refractivity contribution in [3.8, 4) is 0 Å². The Morgan fingerprint density at radius 1 is 0.907 bits per heavy atom. The number of ether oxygens (including phenoxy) is 1. The van der Waals surface area contributed by atoms with E-state index in [1.165, 1.54) is 74.1 Å². The molecule has 8 nitrogen and oxygen atoms in total. The maximum atomic E-state index is 13.4. The Morgan fingerprint density at radius 2 is 1.49 bits per heavy atom. The fourth-order valence-corrected chi connectivity index (χ4v) is 5.40. The fraction of sp³-hybridized carbons (Fsp3) is 0.364. The summed E-state index contributed by atoms with van der Waals surface area (Å²) in [5.41, 5.74) is 8.68. The highest BCUT2D eigenvalue weighted by atomic mass is 19.1. The number of urea groups is 1. The molecule has 43 heavy (non-hydrogen) atoms. The molecule has 0 aromatic heterocycles. The zero-order valence-electron chi connectivity index (χ0n) is 24.1. The number of hydrogen-bond acceptors (Lipinski definition) is 4. The van der Waals surface area contributed by atoms with Crippen LogP contribution in [0.1, 0.15) is 60.8 Å². The average Bonchev–Trinajstić information content (AvgIpc) is 3.04. The minimum absolute atomic E-state index is 0.0590. The van der Waals surface area contributed by atoms with Crippen molar-refractivity contribution in [3.05, 3.63) is 101 Å². The van der Waals surface area contributed by atoms with Gasteiger partial charge in [0.25, 0.3) is 0 Å².